The first-order chi connectivity index (χ1) is 23.6. The molecule has 3 N–H and O–H groups in total. The highest BCUT2D eigenvalue weighted by Gasteiger charge is 2.41. The van der Waals surface area contributed by atoms with Crippen LogP contribution in [0.1, 0.15) is 44.9 Å². The van der Waals surface area contributed by atoms with Crippen molar-refractivity contribution in [2.24, 2.45) is 0 Å². The van der Waals surface area contributed by atoms with Crippen LogP contribution in [0.3, 0.4) is 0 Å². The molecular weight excluding hydrogens is 670 g/mol. The first-order valence-electron chi connectivity index (χ1n) is 13.9. The summed E-state index contributed by atoms with van der Waals surface area (Å²) in [6.07, 6.45) is -5.04. The summed E-state index contributed by atoms with van der Waals surface area (Å²) in [5.41, 5.74) is 2.62. The Morgan fingerprint density at radius 2 is 1.10 bits per heavy atom. The van der Waals surface area contributed by atoms with Gasteiger partial charge in [0.2, 0.25) is 12.2 Å². The number of esters is 4. The third kappa shape index (κ3) is 9.73. The predicted molar refractivity (Wildman–Crippen MR) is 163 cm³/mol. The van der Waals surface area contributed by atoms with E-state index in [1.807, 2.05) is 10.9 Å². The van der Waals surface area contributed by atoms with Crippen molar-refractivity contribution in [1.29, 1.82) is 0 Å². The average molecular weight is 698 g/mol. The van der Waals surface area contributed by atoms with Crippen molar-refractivity contribution >= 4 is 47.3 Å². The molecule has 0 aliphatic rings. The fourth-order valence-corrected chi connectivity index (χ4v) is 3.92. The second kappa shape index (κ2) is 16.7. The maximum absolute atomic E-state index is 13.3. The molecule has 50 heavy (non-hydrogen) atoms. The number of carboxylic acids is 1. The molecule has 0 saturated carbocycles. The van der Waals surface area contributed by atoms with Gasteiger partial charge in [0.25, 0.3) is 17.5 Å². The molecule has 3 aromatic carbocycles. The number of non-ortho nitro benzene ring substituents is 1. The molecule has 0 aliphatic carbocycles. The van der Waals surface area contributed by atoms with Crippen molar-refractivity contribution in [3.63, 3.8) is 0 Å². The largest absolute Gasteiger partial charge is 0.493 e. The summed E-state index contributed by atoms with van der Waals surface area (Å²) in [6.45, 7) is 2.23. The summed E-state index contributed by atoms with van der Waals surface area (Å²) < 4.78 is 30.4. The lowest BCUT2D eigenvalue weighted by Crippen LogP contribution is -2.54. The summed E-state index contributed by atoms with van der Waals surface area (Å²) in [7, 11) is 2.38. The number of benzene rings is 3. The van der Waals surface area contributed by atoms with Gasteiger partial charge in [0.05, 0.1) is 30.3 Å². The average Bonchev–Trinajstić information content (AvgIpc) is 3.07. The van der Waals surface area contributed by atoms with Crippen molar-refractivity contribution < 1.29 is 72.0 Å². The molecule has 3 rings (SSSR count). The molecule has 0 aliphatic heterocycles. The Kier molecular flexibility index (Phi) is 12.5. The van der Waals surface area contributed by atoms with Crippen LogP contribution in [0.25, 0.3) is 0 Å². The Morgan fingerprint density at radius 3 is 1.50 bits per heavy atom. The third-order valence-electron chi connectivity index (χ3n) is 6.19. The molecule has 0 unspecified atom stereocenters. The van der Waals surface area contributed by atoms with Gasteiger partial charge in [-0.25, -0.2) is 14.4 Å². The van der Waals surface area contributed by atoms with Gasteiger partial charge >= 0.3 is 29.8 Å². The molecule has 0 fully saturated rings. The van der Waals surface area contributed by atoms with E-state index in [9.17, 15) is 48.8 Å². The number of amides is 2. The number of hydrogen-bond acceptors (Lipinski definition) is 15. The first kappa shape index (κ1) is 37.4. The SMILES string of the molecule is COc1cc(C(=O)O[C@H](C(=O)O)[C@H](OC(=O)c2ccc(OC(C)=O)c(OC)c2)C(=O)NNC(=O)c2ccc([N+](=O)[O-])cc2)ccc1OC(C)=O. The quantitative estimate of drug-likeness (QED) is 0.0994. The molecule has 0 heterocycles. The molecule has 0 radical (unpaired) electrons. The zero-order valence-corrected chi connectivity index (χ0v) is 26.4. The van der Waals surface area contributed by atoms with Crippen molar-refractivity contribution in [3.05, 3.63) is 87.5 Å². The van der Waals surface area contributed by atoms with E-state index in [0.717, 1.165) is 74.5 Å². The second-order valence-electron chi connectivity index (χ2n) is 9.66. The molecule has 0 spiro atoms. The third-order valence-corrected chi connectivity index (χ3v) is 6.19. The zero-order chi connectivity index (χ0) is 37.1. The van der Waals surface area contributed by atoms with Crippen LogP contribution in [0.5, 0.6) is 23.0 Å². The van der Waals surface area contributed by atoms with E-state index in [0.29, 0.717) is 0 Å². The number of rotatable bonds is 13. The molecule has 2 amide bonds. The Hall–Kier alpha value is -7.05. The van der Waals surface area contributed by atoms with Crippen LogP contribution in [0.2, 0.25) is 0 Å². The number of ether oxygens (including phenoxy) is 6. The molecular formula is C31H27N3O16. The van der Waals surface area contributed by atoms with Crippen LogP contribution in [0, 0.1) is 10.1 Å². The van der Waals surface area contributed by atoms with E-state index >= 15 is 0 Å². The summed E-state index contributed by atoms with van der Waals surface area (Å²) in [5, 5.41) is 20.9. The van der Waals surface area contributed by atoms with Gasteiger partial charge in [-0.2, -0.15) is 0 Å². The van der Waals surface area contributed by atoms with Crippen LogP contribution in [-0.2, 0) is 28.7 Å². The Bertz CT molecular complexity index is 1840. The molecule has 0 bridgehead atoms. The lowest BCUT2D eigenvalue weighted by molar-refractivity contribution is -0.384. The van der Waals surface area contributed by atoms with Gasteiger partial charge in [0, 0.05) is 31.5 Å². The molecule has 0 aromatic heterocycles. The van der Waals surface area contributed by atoms with Gasteiger partial charge < -0.3 is 33.5 Å². The number of nitro groups is 1. The number of hydrazine groups is 1. The number of hydrogen-bond donors (Lipinski definition) is 3. The van der Waals surface area contributed by atoms with Crippen molar-refractivity contribution in [1.82, 2.24) is 10.9 Å². The minimum Gasteiger partial charge on any atom is -0.493 e. The Morgan fingerprint density at radius 1 is 0.660 bits per heavy atom. The fraction of sp³-hybridized carbons (Fsp3) is 0.194. The van der Waals surface area contributed by atoms with E-state index < -0.39 is 58.8 Å². The van der Waals surface area contributed by atoms with E-state index in [1.165, 1.54) is 14.2 Å². The maximum atomic E-state index is 13.3. The maximum Gasteiger partial charge on any atom is 0.349 e. The normalized spacial score (nSPS) is 11.4. The summed E-state index contributed by atoms with van der Waals surface area (Å²) in [5.74, 6) is -9.05. The molecule has 262 valence electrons. The van der Waals surface area contributed by atoms with Gasteiger partial charge in [0.15, 0.2) is 23.0 Å². The van der Waals surface area contributed by atoms with Gasteiger partial charge in [-0.05, 0) is 48.5 Å². The fourth-order valence-electron chi connectivity index (χ4n) is 3.92. The summed E-state index contributed by atoms with van der Waals surface area (Å²) >= 11 is 0. The number of carboxylic acid groups (broad SMARTS) is 1. The number of nitrogens with zero attached hydrogens (tertiary/aromatic N) is 1. The van der Waals surface area contributed by atoms with Gasteiger partial charge in [-0.3, -0.25) is 40.1 Å². The van der Waals surface area contributed by atoms with Gasteiger partial charge in [-0.15, -0.1) is 0 Å². The Balaban J connectivity index is 1.94. The van der Waals surface area contributed by atoms with Crippen LogP contribution in [0.4, 0.5) is 5.69 Å². The topological polar surface area (TPSA) is 262 Å². The molecule has 19 nitrogen and oxygen atoms in total. The number of nitro benzene ring substituents is 1. The zero-order valence-electron chi connectivity index (χ0n) is 26.4. The van der Waals surface area contributed by atoms with Crippen LogP contribution >= 0.6 is 0 Å². The van der Waals surface area contributed by atoms with Crippen LogP contribution in [-0.4, -0.2) is 78.1 Å². The summed E-state index contributed by atoms with van der Waals surface area (Å²) in [6, 6.07) is 10.7. The highest BCUT2D eigenvalue weighted by atomic mass is 16.6. The number of carbonyl (C=O) groups excluding carboxylic acids is 6. The van der Waals surface area contributed by atoms with Crippen molar-refractivity contribution in [3.8, 4) is 23.0 Å². The number of aliphatic carboxylic acids is 1. The molecule has 2 atom stereocenters. The lowest BCUT2D eigenvalue weighted by atomic mass is 10.1. The van der Waals surface area contributed by atoms with E-state index in [2.05, 4.69) is 0 Å². The molecule has 3 aromatic rings. The van der Waals surface area contributed by atoms with Crippen LogP contribution < -0.4 is 29.8 Å². The molecule has 0 saturated heterocycles. The predicted octanol–water partition coefficient (Wildman–Crippen LogP) is 1.76. The number of nitrogens with one attached hydrogen (secondary N) is 2. The Labute approximate surface area is 281 Å². The van der Waals surface area contributed by atoms with Gasteiger partial charge in [0.1, 0.15) is 0 Å². The van der Waals surface area contributed by atoms with E-state index in [-0.39, 0.29) is 45.4 Å². The number of methoxy groups -OCH3 is 2. The highest BCUT2D eigenvalue weighted by Crippen LogP contribution is 2.30. The van der Waals surface area contributed by atoms with Crippen LogP contribution in [0.15, 0.2) is 60.7 Å². The van der Waals surface area contributed by atoms with Crippen molar-refractivity contribution in [2.75, 3.05) is 14.2 Å². The minimum atomic E-state index is -2.55. The van der Waals surface area contributed by atoms with Crippen molar-refractivity contribution in [2.45, 2.75) is 26.1 Å². The second-order valence-corrected chi connectivity index (χ2v) is 9.66. The summed E-state index contributed by atoms with van der Waals surface area (Å²) in [4.78, 5) is 97.5. The van der Waals surface area contributed by atoms with E-state index in [1.54, 1.807) is 0 Å². The highest BCUT2D eigenvalue weighted by molar-refractivity contribution is 5.99. The van der Waals surface area contributed by atoms with E-state index in [4.69, 9.17) is 28.4 Å². The monoisotopic (exact) mass is 697 g/mol. The molecule has 19 heteroatoms. The minimum absolute atomic E-state index is 0.0866. The lowest BCUT2D eigenvalue weighted by Gasteiger charge is -2.24. The first-order valence-corrected chi connectivity index (χ1v) is 13.9. The standard InChI is InChI=1S/C31H27N3O16/c1-15(35)47-21-11-7-18(13-23(21)45-3)30(41)49-25(28(38)33-32-27(37)17-5-9-20(10-6-17)34(43)44)26(29(39)40)50-31(42)19-8-12-22(48-16(2)36)24(14-19)46-4/h5-14,25-26H,1-4H3,(H,32,37)(H,33,38)(H,39,40)/t25-,26-/m0/s1. The van der Waals surface area contributed by atoms with Gasteiger partial charge in [-0.1, -0.05) is 0 Å². The smallest absolute Gasteiger partial charge is 0.349 e. The number of carbonyl (C=O) groups is 7.